The molecule has 0 radical (unpaired) electrons. The van der Waals surface area contributed by atoms with Gasteiger partial charge in [-0.15, -0.1) is 0 Å². The van der Waals surface area contributed by atoms with Crippen molar-refractivity contribution in [1.82, 2.24) is 0 Å². The second-order valence-electron chi connectivity index (χ2n) is 13.2. The summed E-state index contributed by atoms with van der Waals surface area (Å²) < 4.78 is 20.5. The van der Waals surface area contributed by atoms with Crippen molar-refractivity contribution in [3.8, 4) is 22.3 Å². The molecule has 4 nitrogen and oxygen atoms in total. The number of hydrogen-bond donors (Lipinski definition) is 0. The molecular weight excluding hydrogens is 639 g/mol. The van der Waals surface area contributed by atoms with E-state index in [1.54, 1.807) is 0 Å². The summed E-state index contributed by atoms with van der Waals surface area (Å²) >= 11 is 0. The van der Waals surface area contributed by atoms with Gasteiger partial charge in [0.1, 0.15) is 22.3 Å². The van der Waals surface area contributed by atoms with Gasteiger partial charge < -0.3 is 18.2 Å². The zero-order chi connectivity index (χ0) is 34.2. The highest BCUT2D eigenvalue weighted by Gasteiger charge is 2.27. The summed E-state index contributed by atoms with van der Waals surface area (Å²) in [6.07, 6.45) is 0. The Balaban J connectivity index is 1.25. The molecule has 3 aromatic heterocycles. The van der Waals surface area contributed by atoms with Crippen LogP contribution < -0.4 is 4.90 Å². The molecule has 3 heterocycles. The molecule has 244 valence electrons. The number of anilines is 3. The van der Waals surface area contributed by atoms with Gasteiger partial charge in [0.2, 0.25) is 0 Å². The van der Waals surface area contributed by atoms with E-state index in [4.69, 9.17) is 13.3 Å². The highest BCUT2D eigenvalue weighted by molar-refractivity contribution is 6.20. The van der Waals surface area contributed by atoms with Gasteiger partial charge in [-0.1, -0.05) is 146 Å². The molecule has 0 saturated heterocycles. The van der Waals surface area contributed by atoms with Gasteiger partial charge in [-0.05, 0) is 41.5 Å². The van der Waals surface area contributed by atoms with Crippen LogP contribution in [0.5, 0.6) is 0 Å². The zero-order valence-corrected chi connectivity index (χ0v) is 27.9. The summed E-state index contributed by atoms with van der Waals surface area (Å²) in [4.78, 5) is 2.30. The maximum Gasteiger partial charge on any atom is 0.159 e. The molecule has 11 aromatic rings. The zero-order valence-electron chi connectivity index (χ0n) is 27.9. The number of rotatable bonds is 5. The Morgan fingerprint density at radius 1 is 0.288 bits per heavy atom. The molecule has 0 N–H and O–H groups in total. The van der Waals surface area contributed by atoms with Crippen LogP contribution in [0.25, 0.3) is 88.1 Å². The average molecular weight is 668 g/mol. The minimum atomic E-state index is 0.795. The molecule has 8 aromatic carbocycles. The van der Waals surface area contributed by atoms with Crippen LogP contribution in [0.3, 0.4) is 0 Å². The van der Waals surface area contributed by atoms with Crippen molar-refractivity contribution in [2.45, 2.75) is 0 Å². The van der Waals surface area contributed by atoms with Crippen LogP contribution in [0.1, 0.15) is 0 Å². The minimum Gasteiger partial charge on any atom is -0.455 e. The van der Waals surface area contributed by atoms with Crippen molar-refractivity contribution in [1.29, 1.82) is 0 Å². The van der Waals surface area contributed by atoms with Crippen LogP contribution in [-0.4, -0.2) is 0 Å². The largest absolute Gasteiger partial charge is 0.455 e. The van der Waals surface area contributed by atoms with Crippen LogP contribution in [-0.2, 0) is 0 Å². The molecular formula is C48H29NO3. The van der Waals surface area contributed by atoms with Crippen molar-refractivity contribution >= 4 is 82.9 Å². The van der Waals surface area contributed by atoms with Crippen molar-refractivity contribution in [3.05, 3.63) is 176 Å². The van der Waals surface area contributed by atoms with E-state index in [1.807, 2.05) is 24.3 Å². The monoisotopic (exact) mass is 667 g/mol. The summed E-state index contributed by atoms with van der Waals surface area (Å²) in [5.74, 6) is 0. The summed E-state index contributed by atoms with van der Waals surface area (Å²) in [5, 5.41) is 6.30. The van der Waals surface area contributed by atoms with Crippen molar-refractivity contribution in [2.24, 2.45) is 0 Å². The maximum atomic E-state index is 7.03. The lowest BCUT2D eigenvalue weighted by molar-refractivity contribution is 0.666. The Morgan fingerprint density at radius 2 is 0.731 bits per heavy atom. The molecule has 0 aliphatic heterocycles. The van der Waals surface area contributed by atoms with E-state index in [-0.39, 0.29) is 0 Å². The number of furan rings is 3. The fourth-order valence-electron chi connectivity index (χ4n) is 7.98. The fraction of sp³-hybridized carbons (Fsp3) is 0. The number of benzene rings is 8. The minimum absolute atomic E-state index is 0.795. The summed E-state index contributed by atoms with van der Waals surface area (Å²) in [6, 6.07) is 61.0. The first-order chi connectivity index (χ1) is 25.8. The third-order valence-electron chi connectivity index (χ3n) is 10.3. The number of fused-ring (bicyclic) bond motifs is 9. The fourth-order valence-corrected chi connectivity index (χ4v) is 7.98. The lowest BCUT2D eigenvalue weighted by atomic mass is 10.0. The maximum absolute atomic E-state index is 7.03. The smallest absolute Gasteiger partial charge is 0.159 e. The Kier molecular flexibility index (Phi) is 6.22. The van der Waals surface area contributed by atoms with Gasteiger partial charge in [0.15, 0.2) is 11.2 Å². The second kappa shape index (κ2) is 11.2. The third kappa shape index (κ3) is 4.21. The summed E-state index contributed by atoms with van der Waals surface area (Å²) in [7, 11) is 0. The molecule has 0 unspecified atom stereocenters. The lowest BCUT2D eigenvalue weighted by Gasteiger charge is -2.26. The lowest BCUT2D eigenvalue weighted by Crippen LogP contribution is -2.11. The van der Waals surface area contributed by atoms with Gasteiger partial charge in [0.25, 0.3) is 0 Å². The molecule has 0 aliphatic rings. The van der Waals surface area contributed by atoms with E-state index in [0.717, 1.165) is 105 Å². The molecule has 0 bridgehead atoms. The van der Waals surface area contributed by atoms with E-state index in [1.165, 1.54) is 0 Å². The van der Waals surface area contributed by atoms with Crippen molar-refractivity contribution < 1.29 is 13.3 Å². The van der Waals surface area contributed by atoms with E-state index < -0.39 is 0 Å². The quantitative estimate of drug-likeness (QED) is 0.183. The molecule has 4 heteroatoms. The van der Waals surface area contributed by atoms with Gasteiger partial charge >= 0.3 is 0 Å². The first-order valence-corrected chi connectivity index (χ1v) is 17.5. The molecule has 0 saturated carbocycles. The normalized spacial score (nSPS) is 11.8. The van der Waals surface area contributed by atoms with Crippen molar-refractivity contribution in [2.75, 3.05) is 4.90 Å². The van der Waals surface area contributed by atoms with Gasteiger partial charge in [0.05, 0.1) is 22.4 Å². The molecule has 0 spiro atoms. The predicted molar refractivity (Wildman–Crippen MR) is 214 cm³/mol. The Hall–Kier alpha value is -7.04. The Bertz CT molecular complexity index is 3130. The van der Waals surface area contributed by atoms with Crippen molar-refractivity contribution in [3.63, 3.8) is 0 Å². The van der Waals surface area contributed by atoms with Gasteiger partial charge in [-0.3, -0.25) is 0 Å². The first kappa shape index (κ1) is 28.8. The van der Waals surface area contributed by atoms with Gasteiger partial charge in [0, 0.05) is 38.1 Å². The van der Waals surface area contributed by atoms with E-state index >= 15 is 0 Å². The van der Waals surface area contributed by atoms with Crippen LogP contribution >= 0.6 is 0 Å². The number of para-hydroxylation sites is 5. The summed E-state index contributed by atoms with van der Waals surface area (Å²) in [6.45, 7) is 0. The topological polar surface area (TPSA) is 42.7 Å². The van der Waals surface area contributed by atoms with Crippen LogP contribution in [0.2, 0.25) is 0 Å². The molecule has 52 heavy (non-hydrogen) atoms. The standard InChI is InChI=1S/C48H29NO3/c1-3-14-30(15-4-1)32-19-9-21-36-37-23-12-27-41(48(37)52-45(32)36)49(40-26-11-22-35-34-18-7-8-28-42(34)50-47(35)40)39-25-13-29-43-44(39)38-24-10-20-33(46(38)51-43)31-16-5-2-6-17-31/h1-29H. The molecule has 11 rings (SSSR count). The molecule has 0 aliphatic carbocycles. The number of hydrogen-bond acceptors (Lipinski definition) is 4. The SMILES string of the molecule is c1ccc(-c2cccc3c2oc2c(N(c4cccc5c4oc4ccccc45)c4cccc5oc6c(-c7ccccc7)cccc6c45)cccc23)cc1. The Labute approximate surface area is 298 Å². The molecule has 0 fully saturated rings. The average Bonchev–Trinajstić information content (AvgIpc) is 3.91. The first-order valence-electron chi connectivity index (χ1n) is 17.5. The molecule has 0 amide bonds. The highest BCUT2D eigenvalue weighted by atomic mass is 16.3. The predicted octanol–water partition coefficient (Wildman–Crippen LogP) is 14.2. The second-order valence-corrected chi connectivity index (χ2v) is 13.2. The number of nitrogens with zero attached hydrogens (tertiary/aromatic N) is 1. The van der Waals surface area contributed by atoms with Crippen LogP contribution in [0, 0.1) is 0 Å². The highest BCUT2D eigenvalue weighted by Crippen LogP contribution is 2.50. The summed E-state index contributed by atoms with van der Waals surface area (Å²) in [5.41, 5.74) is 12.1. The third-order valence-corrected chi connectivity index (χ3v) is 10.3. The van der Waals surface area contributed by atoms with E-state index in [0.29, 0.717) is 0 Å². The van der Waals surface area contributed by atoms with E-state index in [9.17, 15) is 0 Å². The Morgan fingerprint density at radius 3 is 1.42 bits per heavy atom. The van der Waals surface area contributed by atoms with Gasteiger partial charge in [-0.2, -0.15) is 0 Å². The van der Waals surface area contributed by atoms with E-state index in [2.05, 4.69) is 157 Å². The van der Waals surface area contributed by atoms with Gasteiger partial charge in [-0.25, -0.2) is 0 Å². The van der Waals surface area contributed by atoms with Crippen LogP contribution in [0.15, 0.2) is 189 Å². The molecule has 0 atom stereocenters. The van der Waals surface area contributed by atoms with Crippen LogP contribution in [0.4, 0.5) is 17.1 Å².